The first kappa shape index (κ1) is 17.2. The zero-order valence-corrected chi connectivity index (χ0v) is 14.6. The van der Waals surface area contributed by atoms with Crippen LogP contribution in [0.5, 0.6) is 0 Å². The Bertz CT molecular complexity index is 744. The molecule has 0 aliphatic carbocycles. The molecule has 1 unspecified atom stereocenters. The lowest BCUT2D eigenvalue weighted by Crippen LogP contribution is -2.49. The Hall–Kier alpha value is -2.62. The van der Waals surface area contributed by atoms with E-state index in [2.05, 4.69) is 6.92 Å². The number of carbonyl (C=O) groups is 2. The minimum Gasteiger partial charge on any atom is -0.435 e. The van der Waals surface area contributed by atoms with Crippen molar-refractivity contribution in [3.8, 4) is 0 Å². The smallest absolute Gasteiger partial charge is 0.334 e. The second kappa shape index (κ2) is 7.09. The fraction of sp³-hybridized carbons (Fsp3) is 0.333. The third-order valence-corrected chi connectivity index (χ3v) is 4.77. The number of rotatable bonds is 5. The quantitative estimate of drug-likeness (QED) is 0.763. The van der Waals surface area contributed by atoms with Crippen molar-refractivity contribution in [2.24, 2.45) is 0 Å². The molecule has 0 spiro atoms. The number of unbranched alkanes of at least 4 members (excludes halogenated alkanes) is 1. The first-order valence-corrected chi connectivity index (χ1v) is 8.72. The van der Waals surface area contributed by atoms with Gasteiger partial charge in [0, 0.05) is 11.1 Å². The molecule has 0 N–H and O–H groups in total. The van der Waals surface area contributed by atoms with Gasteiger partial charge in [0.25, 0.3) is 5.91 Å². The van der Waals surface area contributed by atoms with Gasteiger partial charge in [0.1, 0.15) is 5.54 Å². The summed E-state index contributed by atoms with van der Waals surface area (Å²) in [5.74, 6) is -0.516. The van der Waals surface area contributed by atoms with E-state index in [1.807, 2.05) is 55.5 Å². The lowest BCUT2D eigenvalue weighted by atomic mass is 9.92. The van der Waals surface area contributed by atoms with Gasteiger partial charge in [-0.2, -0.15) is 0 Å². The number of hydrogen-bond acceptors (Lipinski definition) is 3. The molecule has 0 saturated carbocycles. The van der Waals surface area contributed by atoms with Crippen LogP contribution in [-0.4, -0.2) is 22.3 Å². The maximum atomic E-state index is 13.2. The molecule has 3 rings (SSSR count). The number of amides is 1. The number of cyclic esters (lactones) is 1. The highest BCUT2D eigenvalue weighted by Crippen LogP contribution is 2.41. The normalized spacial score (nSPS) is 22.7. The number of carbonyl (C=O) groups excluding carboxylic acids is 2. The van der Waals surface area contributed by atoms with Crippen molar-refractivity contribution in [2.45, 2.75) is 44.9 Å². The van der Waals surface area contributed by atoms with Crippen LogP contribution < -0.4 is 0 Å². The standard InChI is InChI=1S/C21H23NO3/c1-3-4-15-21(2)20(24)25-19(17-13-9-6-10-14-17)22(21)18(23)16-11-7-5-8-12-16/h5-14,19H,3-4,15H2,1-2H3/t19-,21?/m1/s1. The lowest BCUT2D eigenvalue weighted by molar-refractivity contribution is -0.145. The SMILES string of the molecule is CCCCC1(C)C(=O)O[C@H](c2ccccc2)N1C(=O)c1ccccc1. The van der Waals surface area contributed by atoms with Crippen molar-refractivity contribution >= 4 is 11.9 Å². The summed E-state index contributed by atoms with van der Waals surface area (Å²) in [6, 6.07) is 18.5. The van der Waals surface area contributed by atoms with E-state index in [1.54, 1.807) is 17.0 Å². The molecule has 1 aliphatic heterocycles. The molecule has 0 radical (unpaired) electrons. The van der Waals surface area contributed by atoms with Crippen LogP contribution in [0.3, 0.4) is 0 Å². The number of benzene rings is 2. The van der Waals surface area contributed by atoms with Gasteiger partial charge >= 0.3 is 5.97 Å². The maximum Gasteiger partial charge on any atom is 0.334 e. The number of hydrogen-bond donors (Lipinski definition) is 0. The molecule has 0 aromatic heterocycles. The van der Waals surface area contributed by atoms with E-state index in [4.69, 9.17) is 4.74 Å². The minimum absolute atomic E-state index is 0.182. The van der Waals surface area contributed by atoms with Gasteiger partial charge in [-0.15, -0.1) is 0 Å². The first-order valence-electron chi connectivity index (χ1n) is 8.72. The molecule has 25 heavy (non-hydrogen) atoms. The van der Waals surface area contributed by atoms with Crippen molar-refractivity contribution < 1.29 is 14.3 Å². The predicted molar refractivity (Wildman–Crippen MR) is 95.8 cm³/mol. The van der Waals surface area contributed by atoms with Crippen LogP contribution in [0.25, 0.3) is 0 Å². The molecule has 2 aromatic carbocycles. The highest BCUT2D eigenvalue weighted by atomic mass is 16.6. The molecule has 4 nitrogen and oxygen atoms in total. The van der Waals surface area contributed by atoms with E-state index in [0.29, 0.717) is 12.0 Å². The lowest BCUT2D eigenvalue weighted by Gasteiger charge is -2.33. The summed E-state index contributed by atoms with van der Waals surface area (Å²) in [5.41, 5.74) is 0.411. The van der Waals surface area contributed by atoms with Gasteiger partial charge in [0.05, 0.1) is 0 Å². The summed E-state index contributed by atoms with van der Waals surface area (Å²) >= 11 is 0. The number of esters is 1. The van der Waals surface area contributed by atoms with Crippen molar-refractivity contribution in [3.63, 3.8) is 0 Å². The fourth-order valence-corrected chi connectivity index (χ4v) is 3.27. The topological polar surface area (TPSA) is 46.6 Å². The van der Waals surface area contributed by atoms with Gasteiger partial charge in [0.2, 0.25) is 6.23 Å². The summed E-state index contributed by atoms with van der Waals surface area (Å²) < 4.78 is 5.68. The predicted octanol–water partition coefficient (Wildman–Crippen LogP) is 4.33. The molecule has 1 heterocycles. The van der Waals surface area contributed by atoms with Crippen molar-refractivity contribution in [2.75, 3.05) is 0 Å². The molecule has 0 bridgehead atoms. The van der Waals surface area contributed by atoms with E-state index in [0.717, 1.165) is 18.4 Å². The van der Waals surface area contributed by atoms with Gasteiger partial charge in [-0.25, -0.2) is 4.79 Å². The molecule has 130 valence electrons. The second-order valence-electron chi connectivity index (χ2n) is 6.59. The summed E-state index contributed by atoms with van der Waals surface area (Å²) in [6.07, 6.45) is 1.70. The summed E-state index contributed by atoms with van der Waals surface area (Å²) in [5, 5.41) is 0. The second-order valence-corrected chi connectivity index (χ2v) is 6.59. The Morgan fingerprint density at radius 1 is 1.08 bits per heavy atom. The van der Waals surface area contributed by atoms with E-state index >= 15 is 0 Å². The van der Waals surface area contributed by atoms with Crippen LogP contribution in [-0.2, 0) is 9.53 Å². The fourth-order valence-electron chi connectivity index (χ4n) is 3.27. The Balaban J connectivity index is 2.04. The summed E-state index contributed by atoms with van der Waals surface area (Å²) in [4.78, 5) is 27.6. The molecular formula is C21H23NO3. The summed E-state index contributed by atoms with van der Waals surface area (Å²) in [6.45, 7) is 3.89. The Labute approximate surface area is 148 Å². The van der Waals surface area contributed by atoms with E-state index < -0.39 is 11.8 Å². The van der Waals surface area contributed by atoms with Gasteiger partial charge in [-0.3, -0.25) is 9.69 Å². The molecule has 1 aliphatic rings. The van der Waals surface area contributed by atoms with Crippen molar-refractivity contribution in [1.29, 1.82) is 0 Å². The summed E-state index contributed by atoms with van der Waals surface area (Å²) in [7, 11) is 0. The first-order chi connectivity index (χ1) is 12.1. The van der Waals surface area contributed by atoms with Crippen LogP contribution in [0.1, 0.15) is 55.3 Å². The minimum atomic E-state index is -0.955. The van der Waals surface area contributed by atoms with Crippen LogP contribution in [0.2, 0.25) is 0 Å². The van der Waals surface area contributed by atoms with E-state index in [9.17, 15) is 9.59 Å². The zero-order chi connectivity index (χ0) is 17.9. The Morgan fingerprint density at radius 2 is 1.68 bits per heavy atom. The zero-order valence-electron chi connectivity index (χ0n) is 14.6. The van der Waals surface area contributed by atoms with Gasteiger partial charge in [0.15, 0.2) is 0 Å². The molecule has 2 aromatic rings. The highest BCUT2D eigenvalue weighted by molar-refractivity contribution is 5.99. The van der Waals surface area contributed by atoms with Crippen LogP contribution in [0.4, 0.5) is 0 Å². The van der Waals surface area contributed by atoms with Crippen molar-refractivity contribution in [3.05, 3.63) is 71.8 Å². The number of ether oxygens (including phenoxy) is 1. The Kier molecular flexibility index (Phi) is 4.88. The molecule has 1 saturated heterocycles. The van der Waals surface area contributed by atoms with Gasteiger partial charge in [-0.05, 0) is 25.5 Å². The van der Waals surface area contributed by atoms with Gasteiger partial charge in [-0.1, -0.05) is 68.3 Å². The molecule has 1 fully saturated rings. The van der Waals surface area contributed by atoms with Crippen LogP contribution in [0.15, 0.2) is 60.7 Å². The average Bonchev–Trinajstić information content (AvgIpc) is 2.92. The largest absolute Gasteiger partial charge is 0.435 e. The number of nitrogens with zero attached hydrogens (tertiary/aromatic N) is 1. The average molecular weight is 337 g/mol. The van der Waals surface area contributed by atoms with Gasteiger partial charge < -0.3 is 4.74 Å². The maximum absolute atomic E-state index is 13.2. The molecular weight excluding hydrogens is 314 g/mol. The monoisotopic (exact) mass is 337 g/mol. The third kappa shape index (κ3) is 3.16. The Morgan fingerprint density at radius 3 is 2.28 bits per heavy atom. The van der Waals surface area contributed by atoms with Crippen molar-refractivity contribution in [1.82, 2.24) is 4.90 Å². The molecule has 2 atom stereocenters. The molecule has 4 heteroatoms. The third-order valence-electron chi connectivity index (χ3n) is 4.77. The highest BCUT2D eigenvalue weighted by Gasteiger charge is 2.54. The van der Waals surface area contributed by atoms with E-state index in [1.165, 1.54) is 0 Å². The van der Waals surface area contributed by atoms with Crippen LogP contribution in [0, 0.1) is 0 Å². The molecule has 1 amide bonds. The van der Waals surface area contributed by atoms with E-state index in [-0.39, 0.29) is 11.9 Å². The van der Waals surface area contributed by atoms with Crippen LogP contribution >= 0.6 is 0 Å².